The number of carbonyl (C=O) groups is 1. The average molecular weight is 480 g/mol. The number of alkyl halides is 3. The second kappa shape index (κ2) is 10.4. The quantitative estimate of drug-likeness (QED) is 0.334. The molecule has 0 unspecified atom stereocenters. The lowest BCUT2D eigenvalue weighted by Gasteiger charge is -2.20. The van der Waals surface area contributed by atoms with Gasteiger partial charge >= 0.3 is 12.1 Å². The van der Waals surface area contributed by atoms with Crippen LogP contribution in [0.1, 0.15) is 46.7 Å². The maximum atomic E-state index is 13.8. The molecule has 0 aliphatic heterocycles. The highest BCUT2D eigenvalue weighted by molar-refractivity contribution is 6.30. The van der Waals surface area contributed by atoms with Crippen LogP contribution in [-0.4, -0.2) is 23.2 Å². The summed E-state index contributed by atoms with van der Waals surface area (Å²) in [5.74, 6) is -0.588. The van der Waals surface area contributed by atoms with Crippen LogP contribution >= 0.6 is 11.6 Å². The van der Waals surface area contributed by atoms with Gasteiger partial charge in [0.2, 0.25) is 0 Å². The molecule has 0 saturated heterocycles. The maximum absolute atomic E-state index is 13.8. The molecule has 176 valence electrons. The minimum absolute atomic E-state index is 0.0254. The van der Waals surface area contributed by atoms with Gasteiger partial charge < -0.3 is 14.0 Å². The molecule has 33 heavy (non-hydrogen) atoms. The minimum atomic E-state index is -4.63. The van der Waals surface area contributed by atoms with Gasteiger partial charge in [0.05, 0.1) is 36.1 Å². The summed E-state index contributed by atoms with van der Waals surface area (Å²) >= 11 is 5.87. The lowest BCUT2D eigenvalue weighted by Crippen LogP contribution is -2.17. The predicted molar refractivity (Wildman–Crippen MR) is 121 cm³/mol. The highest BCUT2D eigenvalue weighted by Crippen LogP contribution is 2.37. The van der Waals surface area contributed by atoms with E-state index >= 15 is 0 Å². The monoisotopic (exact) mass is 479 g/mol. The zero-order valence-corrected chi connectivity index (χ0v) is 19.3. The molecule has 0 bridgehead atoms. The fourth-order valence-corrected chi connectivity index (χ4v) is 3.84. The summed E-state index contributed by atoms with van der Waals surface area (Å²) < 4.78 is 54.0. The molecule has 4 nitrogen and oxygen atoms in total. The molecular formula is C25H25ClF3NO3. The van der Waals surface area contributed by atoms with Crippen LogP contribution < -0.4 is 0 Å². The fraction of sp³-hybridized carbons (Fsp3) is 0.320. The molecule has 0 aliphatic rings. The van der Waals surface area contributed by atoms with Gasteiger partial charge in [0.15, 0.2) is 0 Å². The highest BCUT2D eigenvalue weighted by Gasteiger charge is 2.35. The van der Waals surface area contributed by atoms with Crippen LogP contribution in [0.2, 0.25) is 5.02 Å². The zero-order valence-electron chi connectivity index (χ0n) is 18.6. The molecule has 2 aromatic carbocycles. The van der Waals surface area contributed by atoms with Crippen molar-refractivity contribution in [2.24, 2.45) is 0 Å². The fourth-order valence-electron chi connectivity index (χ4n) is 3.67. The van der Waals surface area contributed by atoms with Gasteiger partial charge in [0.25, 0.3) is 0 Å². The van der Waals surface area contributed by atoms with Gasteiger partial charge in [-0.1, -0.05) is 41.9 Å². The van der Waals surface area contributed by atoms with Crippen molar-refractivity contribution in [3.05, 3.63) is 87.7 Å². The first-order chi connectivity index (χ1) is 15.6. The number of rotatable bonds is 8. The Morgan fingerprint density at radius 2 is 1.82 bits per heavy atom. The summed E-state index contributed by atoms with van der Waals surface area (Å²) in [5.41, 5.74) is 1.06. The van der Waals surface area contributed by atoms with E-state index in [-0.39, 0.29) is 35.4 Å². The Labute approximate surface area is 195 Å². The Hall–Kier alpha value is -2.77. The van der Waals surface area contributed by atoms with Crippen molar-refractivity contribution >= 4 is 17.6 Å². The van der Waals surface area contributed by atoms with E-state index in [0.717, 1.165) is 11.6 Å². The maximum Gasteiger partial charge on any atom is 0.418 e. The number of aromatic nitrogens is 1. The topological polar surface area (TPSA) is 40.5 Å². The summed E-state index contributed by atoms with van der Waals surface area (Å²) in [5, 5.41) is -0.0254. The Kier molecular flexibility index (Phi) is 7.87. The first-order valence-electron chi connectivity index (χ1n) is 10.5. The Balaban J connectivity index is 2.02. The van der Waals surface area contributed by atoms with Crippen molar-refractivity contribution in [3.63, 3.8) is 0 Å². The minimum Gasteiger partial charge on any atom is -0.462 e. The van der Waals surface area contributed by atoms with E-state index in [9.17, 15) is 18.0 Å². The third-order valence-corrected chi connectivity index (χ3v) is 5.43. The molecule has 8 heteroatoms. The summed E-state index contributed by atoms with van der Waals surface area (Å²) in [6.45, 7) is 5.63. The smallest absolute Gasteiger partial charge is 0.418 e. The van der Waals surface area contributed by atoms with Gasteiger partial charge in [-0.2, -0.15) is 13.2 Å². The van der Waals surface area contributed by atoms with E-state index in [0.29, 0.717) is 18.0 Å². The number of benzene rings is 2. The molecule has 0 fully saturated rings. The number of ether oxygens (including phenoxy) is 2. The van der Waals surface area contributed by atoms with Crippen molar-refractivity contribution in [2.45, 2.75) is 46.1 Å². The van der Waals surface area contributed by atoms with Gasteiger partial charge in [-0.3, -0.25) is 0 Å². The molecular weight excluding hydrogens is 455 g/mol. The number of hydrogen-bond donors (Lipinski definition) is 0. The van der Waals surface area contributed by atoms with Crippen molar-refractivity contribution in [3.8, 4) is 5.69 Å². The van der Waals surface area contributed by atoms with Crippen molar-refractivity contribution < 1.29 is 27.4 Å². The molecule has 3 rings (SSSR count). The standard InChI is InChI=1S/C25H25ClF3NO3/c1-4-32-24(31)21-14-20(12-16(2)33-15-18-8-6-5-7-9-18)30(17(21)3)23-11-10-19(26)13-22(23)25(27,28)29/h5-11,13-14,16H,4,12,15H2,1-3H3/t16-/m0/s1. The largest absolute Gasteiger partial charge is 0.462 e. The molecule has 0 aliphatic carbocycles. The zero-order chi connectivity index (χ0) is 24.2. The summed E-state index contributed by atoms with van der Waals surface area (Å²) in [4.78, 5) is 12.5. The number of hydrogen-bond acceptors (Lipinski definition) is 3. The number of esters is 1. The van der Waals surface area contributed by atoms with Crippen LogP contribution in [-0.2, 0) is 28.7 Å². The first-order valence-corrected chi connectivity index (χ1v) is 10.9. The third kappa shape index (κ3) is 5.97. The molecule has 1 atom stereocenters. The Morgan fingerprint density at radius 1 is 1.12 bits per heavy atom. The van der Waals surface area contributed by atoms with E-state index in [2.05, 4.69) is 0 Å². The lowest BCUT2D eigenvalue weighted by molar-refractivity contribution is -0.137. The molecule has 0 radical (unpaired) electrons. The summed E-state index contributed by atoms with van der Waals surface area (Å²) in [6.07, 6.45) is -4.67. The van der Waals surface area contributed by atoms with Gasteiger partial charge in [-0.05, 0) is 50.6 Å². The predicted octanol–water partition coefficient (Wildman–Crippen LogP) is 6.78. The molecule has 0 saturated carbocycles. The molecule has 0 amide bonds. The lowest BCUT2D eigenvalue weighted by atomic mass is 10.1. The molecule has 0 spiro atoms. The van der Waals surface area contributed by atoms with E-state index in [1.807, 2.05) is 37.3 Å². The van der Waals surface area contributed by atoms with Crippen LogP contribution in [0.5, 0.6) is 0 Å². The second-order valence-corrected chi connectivity index (χ2v) is 8.10. The number of nitrogens with zero attached hydrogens (tertiary/aromatic N) is 1. The van der Waals surface area contributed by atoms with E-state index < -0.39 is 17.7 Å². The third-order valence-electron chi connectivity index (χ3n) is 5.20. The second-order valence-electron chi connectivity index (χ2n) is 7.66. The highest BCUT2D eigenvalue weighted by atomic mass is 35.5. The van der Waals surface area contributed by atoms with Gasteiger partial charge in [0.1, 0.15) is 0 Å². The normalized spacial score (nSPS) is 12.6. The van der Waals surface area contributed by atoms with E-state index in [1.54, 1.807) is 19.9 Å². The molecule has 1 heterocycles. The van der Waals surface area contributed by atoms with Crippen molar-refractivity contribution in [1.82, 2.24) is 4.57 Å². The van der Waals surface area contributed by atoms with Gasteiger partial charge in [-0.25, -0.2) is 4.79 Å². The van der Waals surface area contributed by atoms with Crippen LogP contribution in [0.25, 0.3) is 5.69 Å². The molecule has 0 N–H and O–H groups in total. The number of carbonyl (C=O) groups excluding carboxylic acids is 1. The number of halogens is 4. The summed E-state index contributed by atoms with van der Waals surface area (Å²) in [7, 11) is 0. The van der Waals surface area contributed by atoms with Crippen LogP contribution in [0.4, 0.5) is 13.2 Å². The van der Waals surface area contributed by atoms with Gasteiger partial charge in [-0.15, -0.1) is 0 Å². The van der Waals surface area contributed by atoms with E-state index in [1.165, 1.54) is 16.7 Å². The van der Waals surface area contributed by atoms with Crippen LogP contribution in [0.15, 0.2) is 54.6 Å². The Morgan fingerprint density at radius 3 is 2.45 bits per heavy atom. The van der Waals surface area contributed by atoms with Crippen molar-refractivity contribution in [1.29, 1.82) is 0 Å². The average Bonchev–Trinajstić information content (AvgIpc) is 3.08. The first kappa shape index (κ1) is 24.9. The Bertz CT molecular complexity index is 1110. The van der Waals surface area contributed by atoms with Crippen LogP contribution in [0.3, 0.4) is 0 Å². The van der Waals surface area contributed by atoms with Crippen LogP contribution in [0, 0.1) is 6.92 Å². The molecule has 1 aromatic heterocycles. The van der Waals surface area contributed by atoms with Gasteiger partial charge in [0, 0.05) is 22.8 Å². The summed E-state index contributed by atoms with van der Waals surface area (Å²) in [6, 6.07) is 14.8. The molecule has 3 aromatic rings. The SMILES string of the molecule is CCOC(=O)c1cc(C[C@H](C)OCc2ccccc2)n(-c2ccc(Cl)cc2C(F)(F)F)c1C. The van der Waals surface area contributed by atoms with Crippen molar-refractivity contribution in [2.75, 3.05) is 6.61 Å². The van der Waals surface area contributed by atoms with E-state index in [4.69, 9.17) is 21.1 Å².